The molecule has 8 heteroatoms. The molecule has 1 aromatic heterocycles. The number of nitrogens with zero attached hydrogens (tertiary/aromatic N) is 4. The summed E-state index contributed by atoms with van der Waals surface area (Å²) in [4.78, 5) is 14.0. The van der Waals surface area contributed by atoms with Crippen LogP contribution in [0.1, 0.15) is 19.3 Å². The molecule has 1 N–H and O–H groups in total. The molecule has 0 saturated carbocycles. The Morgan fingerprint density at radius 3 is 2.88 bits per heavy atom. The van der Waals surface area contributed by atoms with Crippen molar-refractivity contribution in [3.05, 3.63) is 42.5 Å². The molecule has 1 unspecified atom stereocenters. The van der Waals surface area contributed by atoms with Gasteiger partial charge >= 0.3 is 0 Å². The Kier molecular flexibility index (Phi) is 5.28. The van der Waals surface area contributed by atoms with Crippen LogP contribution in [0.15, 0.2) is 36.7 Å². The maximum atomic E-state index is 12.8. The van der Waals surface area contributed by atoms with E-state index in [2.05, 4.69) is 10.3 Å². The van der Waals surface area contributed by atoms with Crippen LogP contribution in [-0.2, 0) is 11.3 Å². The lowest BCUT2D eigenvalue weighted by atomic mass is 9.92. The van der Waals surface area contributed by atoms with E-state index in [9.17, 15) is 14.3 Å². The highest BCUT2D eigenvalue weighted by atomic mass is 19.1. The van der Waals surface area contributed by atoms with Gasteiger partial charge in [0.05, 0.1) is 32.3 Å². The highest BCUT2D eigenvalue weighted by molar-refractivity contribution is 5.76. The van der Waals surface area contributed by atoms with E-state index in [-0.39, 0.29) is 31.3 Å². The summed E-state index contributed by atoms with van der Waals surface area (Å²) >= 11 is 0. The van der Waals surface area contributed by atoms with E-state index < -0.39 is 5.60 Å². The van der Waals surface area contributed by atoms with Crippen molar-refractivity contribution in [1.29, 1.82) is 0 Å². The van der Waals surface area contributed by atoms with Crippen LogP contribution in [0.5, 0.6) is 5.75 Å². The summed E-state index contributed by atoms with van der Waals surface area (Å²) in [5, 5.41) is 18.3. The minimum atomic E-state index is -1.00. The molecule has 1 atom stereocenters. The first-order chi connectivity index (χ1) is 12.0. The number of likely N-dealkylation sites (tertiary alicyclic amines) is 1. The first-order valence-corrected chi connectivity index (χ1v) is 8.27. The van der Waals surface area contributed by atoms with Crippen LogP contribution in [0.2, 0.25) is 0 Å². The van der Waals surface area contributed by atoms with Crippen molar-refractivity contribution in [2.24, 2.45) is 0 Å². The van der Waals surface area contributed by atoms with Gasteiger partial charge in [0.2, 0.25) is 5.91 Å². The smallest absolute Gasteiger partial charge is 0.226 e. The molecule has 1 aromatic carbocycles. The topological polar surface area (TPSA) is 80.5 Å². The van der Waals surface area contributed by atoms with E-state index in [1.165, 1.54) is 24.3 Å². The Labute approximate surface area is 145 Å². The third kappa shape index (κ3) is 4.76. The van der Waals surface area contributed by atoms with Crippen molar-refractivity contribution in [2.75, 3.05) is 19.7 Å². The van der Waals surface area contributed by atoms with E-state index in [0.717, 1.165) is 6.42 Å². The molecular weight excluding hydrogens is 327 g/mol. The zero-order valence-corrected chi connectivity index (χ0v) is 13.8. The Morgan fingerprint density at radius 1 is 1.36 bits per heavy atom. The lowest BCUT2D eigenvalue weighted by Gasteiger charge is -2.39. The van der Waals surface area contributed by atoms with Crippen LogP contribution in [0, 0.1) is 5.82 Å². The molecule has 2 heterocycles. The number of rotatable bonds is 6. The van der Waals surface area contributed by atoms with Crippen molar-refractivity contribution in [1.82, 2.24) is 19.9 Å². The zero-order valence-electron chi connectivity index (χ0n) is 13.8. The standard InChI is InChI=1S/C17H21FN4O3/c18-14-2-4-15(5-3-14)25-11-6-16(23)21-9-1-7-17(24,12-21)13-22-10-8-19-20-22/h2-5,8,10,24H,1,6-7,9,11-13H2. The van der Waals surface area contributed by atoms with Crippen molar-refractivity contribution < 1.29 is 19.0 Å². The summed E-state index contributed by atoms with van der Waals surface area (Å²) in [5.41, 5.74) is -1.00. The normalized spacial score (nSPS) is 20.5. The summed E-state index contributed by atoms with van der Waals surface area (Å²) in [5.74, 6) is 0.123. The number of hydrogen-bond acceptors (Lipinski definition) is 5. The van der Waals surface area contributed by atoms with Gasteiger partial charge in [-0.3, -0.25) is 4.79 Å². The molecule has 0 radical (unpaired) electrons. The van der Waals surface area contributed by atoms with E-state index in [4.69, 9.17) is 4.74 Å². The molecule has 1 fully saturated rings. The van der Waals surface area contributed by atoms with Gasteiger partial charge in [-0.25, -0.2) is 9.07 Å². The maximum Gasteiger partial charge on any atom is 0.226 e. The summed E-state index contributed by atoms with van der Waals surface area (Å²) in [6.45, 7) is 1.41. The number of piperidine rings is 1. The molecule has 0 bridgehead atoms. The summed E-state index contributed by atoms with van der Waals surface area (Å²) in [6, 6.07) is 5.67. The molecule has 0 aliphatic carbocycles. The number of halogens is 1. The van der Waals surface area contributed by atoms with E-state index in [0.29, 0.717) is 25.3 Å². The number of β-amino-alcohol motifs (C(OH)–C–C–N with tert-alkyl or cyclic N) is 1. The van der Waals surface area contributed by atoms with E-state index >= 15 is 0 Å². The van der Waals surface area contributed by atoms with Gasteiger partial charge in [0.1, 0.15) is 17.2 Å². The van der Waals surface area contributed by atoms with Crippen LogP contribution in [-0.4, -0.2) is 56.2 Å². The second kappa shape index (κ2) is 7.60. The fraction of sp³-hybridized carbons (Fsp3) is 0.471. The van der Waals surface area contributed by atoms with Gasteiger partial charge in [-0.05, 0) is 37.1 Å². The van der Waals surface area contributed by atoms with Crippen LogP contribution < -0.4 is 4.74 Å². The highest BCUT2D eigenvalue weighted by Gasteiger charge is 2.35. The Balaban J connectivity index is 1.48. The highest BCUT2D eigenvalue weighted by Crippen LogP contribution is 2.23. The third-order valence-electron chi connectivity index (χ3n) is 4.23. The average molecular weight is 348 g/mol. The number of aromatic nitrogens is 3. The SMILES string of the molecule is O=C(CCOc1ccc(F)cc1)N1CCCC(O)(Cn2ccnn2)C1. The second-order valence-corrected chi connectivity index (χ2v) is 6.30. The number of carbonyl (C=O) groups is 1. The largest absolute Gasteiger partial charge is 0.493 e. The monoisotopic (exact) mass is 348 g/mol. The quantitative estimate of drug-likeness (QED) is 0.850. The summed E-state index contributed by atoms with van der Waals surface area (Å²) < 4.78 is 19.9. The van der Waals surface area contributed by atoms with Gasteiger partial charge in [-0.1, -0.05) is 5.21 Å². The third-order valence-corrected chi connectivity index (χ3v) is 4.23. The minimum absolute atomic E-state index is 0.0705. The molecule has 0 spiro atoms. The van der Waals surface area contributed by atoms with Crippen LogP contribution in [0.3, 0.4) is 0 Å². The predicted octanol–water partition coefficient (Wildman–Crippen LogP) is 1.24. The molecule has 2 aromatic rings. The first-order valence-electron chi connectivity index (χ1n) is 8.27. The summed E-state index contributed by atoms with van der Waals surface area (Å²) in [6.07, 6.45) is 4.80. The maximum absolute atomic E-state index is 12.8. The van der Waals surface area contributed by atoms with Crippen molar-refractivity contribution in [3.63, 3.8) is 0 Å². The number of hydrogen-bond donors (Lipinski definition) is 1. The van der Waals surface area contributed by atoms with Crippen molar-refractivity contribution >= 4 is 5.91 Å². The fourth-order valence-corrected chi connectivity index (χ4v) is 3.02. The number of aliphatic hydroxyl groups is 1. The summed E-state index contributed by atoms with van der Waals surface area (Å²) in [7, 11) is 0. The Hall–Kier alpha value is -2.48. The Morgan fingerprint density at radius 2 is 2.16 bits per heavy atom. The molecule has 1 aliphatic heterocycles. The van der Waals surface area contributed by atoms with Gasteiger partial charge in [0.15, 0.2) is 0 Å². The molecule has 1 amide bonds. The average Bonchev–Trinajstić information content (AvgIpc) is 3.09. The number of carbonyl (C=O) groups excluding carboxylic acids is 1. The molecule has 25 heavy (non-hydrogen) atoms. The molecule has 1 aliphatic rings. The molecular formula is C17H21FN4O3. The first kappa shape index (κ1) is 17.3. The van der Waals surface area contributed by atoms with Crippen LogP contribution in [0.25, 0.3) is 0 Å². The fourth-order valence-electron chi connectivity index (χ4n) is 3.02. The van der Waals surface area contributed by atoms with Gasteiger partial charge in [0, 0.05) is 12.7 Å². The number of benzene rings is 1. The Bertz CT molecular complexity index is 692. The van der Waals surface area contributed by atoms with Crippen molar-refractivity contribution in [3.8, 4) is 5.75 Å². The lowest BCUT2D eigenvalue weighted by Crippen LogP contribution is -2.52. The second-order valence-electron chi connectivity index (χ2n) is 6.30. The zero-order chi connectivity index (χ0) is 17.7. The predicted molar refractivity (Wildman–Crippen MR) is 87.3 cm³/mol. The molecule has 3 rings (SSSR count). The molecule has 7 nitrogen and oxygen atoms in total. The van der Waals surface area contributed by atoms with E-state index in [1.807, 2.05) is 0 Å². The van der Waals surface area contributed by atoms with Gasteiger partial charge in [-0.2, -0.15) is 0 Å². The van der Waals surface area contributed by atoms with Crippen LogP contribution >= 0.6 is 0 Å². The lowest BCUT2D eigenvalue weighted by molar-refractivity contribution is -0.139. The van der Waals surface area contributed by atoms with E-state index in [1.54, 1.807) is 22.0 Å². The van der Waals surface area contributed by atoms with Gasteiger partial charge in [0.25, 0.3) is 0 Å². The van der Waals surface area contributed by atoms with Gasteiger partial charge < -0.3 is 14.7 Å². The number of amides is 1. The van der Waals surface area contributed by atoms with Gasteiger partial charge in [-0.15, -0.1) is 5.10 Å². The van der Waals surface area contributed by atoms with Crippen LogP contribution in [0.4, 0.5) is 4.39 Å². The van der Waals surface area contributed by atoms with Crippen molar-refractivity contribution in [2.45, 2.75) is 31.4 Å². The number of ether oxygens (including phenoxy) is 1. The molecule has 1 saturated heterocycles. The molecule has 134 valence electrons. The minimum Gasteiger partial charge on any atom is -0.493 e.